The number of rotatable bonds is 5. The van der Waals surface area contributed by atoms with E-state index in [2.05, 4.69) is 10.4 Å². The molecule has 1 heterocycles. The first-order valence-corrected chi connectivity index (χ1v) is 9.74. The van der Waals surface area contributed by atoms with Gasteiger partial charge in [0, 0.05) is 23.1 Å². The Morgan fingerprint density at radius 2 is 1.87 bits per heavy atom. The molecule has 3 rings (SSSR count). The van der Waals surface area contributed by atoms with Crippen LogP contribution in [0.4, 0.5) is 16.3 Å². The fraction of sp³-hybridized carbons (Fsp3) is 0.238. The van der Waals surface area contributed by atoms with Crippen LogP contribution in [0.2, 0.25) is 0 Å². The van der Waals surface area contributed by atoms with Gasteiger partial charge in [0.1, 0.15) is 0 Å². The van der Waals surface area contributed by atoms with E-state index in [1.807, 2.05) is 13.8 Å². The van der Waals surface area contributed by atoms with Crippen LogP contribution in [0.5, 0.6) is 0 Å². The lowest BCUT2D eigenvalue weighted by Gasteiger charge is -2.15. The van der Waals surface area contributed by atoms with Crippen molar-refractivity contribution in [2.45, 2.75) is 27.2 Å². The molecule has 6 N–H and O–H groups in total. The van der Waals surface area contributed by atoms with Crippen LogP contribution in [0.3, 0.4) is 0 Å². The molecule has 160 valence electrons. The van der Waals surface area contributed by atoms with Gasteiger partial charge in [0.25, 0.3) is 0 Å². The second-order valence-corrected chi connectivity index (χ2v) is 7.75. The van der Waals surface area contributed by atoms with Gasteiger partial charge in [0.05, 0.1) is 11.1 Å². The first-order chi connectivity index (χ1) is 14.6. The summed E-state index contributed by atoms with van der Waals surface area (Å²) in [6, 6.07) is 9.92. The van der Waals surface area contributed by atoms with Gasteiger partial charge in [0.15, 0.2) is 0 Å². The molecule has 0 aliphatic rings. The molecule has 0 spiro atoms. The maximum atomic E-state index is 12.3. The maximum absolute atomic E-state index is 12.3. The number of carbonyl (C=O) groups excluding carboxylic acids is 1. The standard InChI is InChI=1S/C21H23BN4O5/c1-11(2)8-19(27)24-18-7-5-14(22(30)31)10-17(18)13-4-6-15-16(9-13)12(3)25-26(20(15)23)21(28)29/h4-7,9-11,30-31H,8H2,1-3H3,(H3,23,24,27,28,29)/p+1. The number of hydrogen-bond donors (Lipinski definition) is 5. The van der Waals surface area contributed by atoms with Gasteiger partial charge in [-0.3, -0.25) is 10.5 Å². The Kier molecular flexibility index (Phi) is 6.23. The highest BCUT2D eigenvalue weighted by Crippen LogP contribution is 2.32. The number of aryl methyl sites for hydroxylation is 1. The first-order valence-electron chi connectivity index (χ1n) is 9.74. The Morgan fingerprint density at radius 1 is 1.16 bits per heavy atom. The van der Waals surface area contributed by atoms with Crippen molar-refractivity contribution in [3.05, 3.63) is 42.1 Å². The Morgan fingerprint density at radius 3 is 2.48 bits per heavy atom. The third kappa shape index (κ3) is 4.65. The molecular formula is C21H24BN4O5+. The van der Waals surface area contributed by atoms with E-state index in [4.69, 9.17) is 5.73 Å². The van der Waals surface area contributed by atoms with Crippen molar-refractivity contribution < 1.29 is 29.4 Å². The summed E-state index contributed by atoms with van der Waals surface area (Å²) in [5.74, 6) is 0.0175. The van der Waals surface area contributed by atoms with Crippen LogP contribution < -0.4 is 21.2 Å². The summed E-state index contributed by atoms with van der Waals surface area (Å²) >= 11 is 0. The molecule has 10 heteroatoms. The van der Waals surface area contributed by atoms with Crippen LogP contribution in [0.25, 0.3) is 21.9 Å². The molecule has 0 fully saturated rings. The quantitative estimate of drug-likeness (QED) is 0.306. The molecular weight excluding hydrogens is 399 g/mol. The Labute approximate surface area is 179 Å². The van der Waals surface area contributed by atoms with E-state index < -0.39 is 13.2 Å². The van der Waals surface area contributed by atoms with Crippen molar-refractivity contribution in [3.8, 4) is 11.1 Å². The van der Waals surface area contributed by atoms with Gasteiger partial charge in [-0.25, -0.2) is 0 Å². The molecule has 3 aromatic rings. The second kappa shape index (κ2) is 8.70. The molecule has 0 unspecified atom stereocenters. The number of aromatic nitrogens is 2. The van der Waals surface area contributed by atoms with Crippen molar-refractivity contribution in [1.82, 2.24) is 5.10 Å². The molecule has 1 aromatic heterocycles. The van der Waals surface area contributed by atoms with Crippen molar-refractivity contribution in [1.29, 1.82) is 0 Å². The molecule has 9 nitrogen and oxygen atoms in total. The second-order valence-electron chi connectivity index (χ2n) is 7.75. The van der Waals surface area contributed by atoms with Gasteiger partial charge in [-0.15, -0.1) is 0 Å². The molecule has 1 amide bonds. The van der Waals surface area contributed by atoms with E-state index in [1.54, 1.807) is 37.3 Å². The number of nitrogens with zero attached hydrogens (tertiary/aromatic N) is 2. The summed E-state index contributed by atoms with van der Waals surface area (Å²) in [5.41, 5.74) is 8.47. The minimum Gasteiger partial charge on any atom is -0.445 e. The minimum atomic E-state index is -1.67. The zero-order chi connectivity index (χ0) is 22.9. The number of carboxylic acid groups (broad SMARTS) is 1. The summed E-state index contributed by atoms with van der Waals surface area (Å²) < 4.78 is 0.720. The van der Waals surface area contributed by atoms with Crippen LogP contribution in [0, 0.1) is 12.8 Å². The van der Waals surface area contributed by atoms with Crippen LogP contribution in [0.15, 0.2) is 36.4 Å². The smallest absolute Gasteiger partial charge is 0.445 e. The normalized spacial score (nSPS) is 11.0. The summed E-state index contributed by atoms with van der Waals surface area (Å²) in [5, 5.41) is 36.6. The number of carbonyl (C=O) groups is 2. The maximum Gasteiger partial charge on any atom is 0.531 e. The van der Waals surface area contributed by atoms with E-state index in [1.165, 1.54) is 6.07 Å². The number of nitrogens with two attached hydrogens (primary N) is 1. The zero-order valence-electron chi connectivity index (χ0n) is 17.5. The van der Waals surface area contributed by atoms with E-state index in [-0.39, 0.29) is 23.1 Å². The molecule has 0 radical (unpaired) electrons. The van der Waals surface area contributed by atoms with E-state index in [9.17, 15) is 24.7 Å². The zero-order valence-corrected chi connectivity index (χ0v) is 17.5. The molecule has 31 heavy (non-hydrogen) atoms. The summed E-state index contributed by atoms with van der Waals surface area (Å²) in [4.78, 5) is 23.7. The Hall–Kier alpha value is -3.50. The predicted molar refractivity (Wildman–Crippen MR) is 118 cm³/mol. The number of anilines is 2. The fourth-order valence-corrected chi connectivity index (χ4v) is 3.39. The molecule has 2 aromatic carbocycles. The van der Waals surface area contributed by atoms with Gasteiger partial charge in [-0.1, -0.05) is 37.1 Å². The van der Waals surface area contributed by atoms with Gasteiger partial charge in [-0.2, -0.15) is 4.79 Å². The van der Waals surface area contributed by atoms with Crippen LogP contribution in [0.1, 0.15) is 26.0 Å². The monoisotopic (exact) mass is 423 g/mol. The minimum absolute atomic E-state index is 0.00959. The van der Waals surface area contributed by atoms with Crippen molar-refractivity contribution >= 4 is 46.9 Å². The summed E-state index contributed by atoms with van der Waals surface area (Å²) in [6.07, 6.45) is -0.942. The molecule has 0 saturated heterocycles. The third-order valence-corrected chi connectivity index (χ3v) is 4.87. The number of nitrogen functional groups attached to an aromatic ring is 1. The molecule has 0 saturated carbocycles. The largest absolute Gasteiger partial charge is 0.531 e. The predicted octanol–water partition coefficient (Wildman–Crippen LogP) is 1.27. The number of nitrogens with one attached hydrogen (secondary N) is 1. The highest BCUT2D eigenvalue weighted by atomic mass is 16.4. The highest BCUT2D eigenvalue weighted by Gasteiger charge is 2.22. The van der Waals surface area contributed by atoms with E-state index in [0.717, 1.165) is 4.68 Å². The lowest BCUT2D eigenvalue weighted by Crippen LogP contribution is -2.48. The fourth-order valence-electron chi connectivity index (χ4n) is 3.39. The SMILES string of the molecule is Cc1n[n+](C(=O)O)c(N)c2ccc(-c3cc(B(O)O)ccc3NC(=O)CC(C)C)cc12. The van der Waals surface area contributed by atoms with Crippen molar-refractivity contribution in [3.63, 3.8) is 0 Å². The lowest BCUT2D eigenvalue weighted by molar-refractivity contribution is -0.632. The van der Waals surface area contributed by atoms with Crippen LogP contribution in [-0.2, 0) is 4.79 Å². The van der Waals surface area contributed by atoms with Gasteiger partial charge >= 0.3 is 19.0 Å². The van der Waals surface area contributed by atoms with Crippen LogP contribution in [-0.4, -0.2) is 39.4 Å². The van der Waals surface area contributed by atoms with Gasteiger partial charge < -0.3 is 20.5 Å². The summed E-state index contributed by atoms with van der Waals surface area (Å²) in [7, 11) is -1.67. The first kappa shape index (κ1) is 22.2. The van der Waals surface area contributed by atoms with Gasteiger partial charge in [0.2, 0.25) is 5.91 Å². The Bertz CT molecular complexity index is 1180. The average molecular weight is 423 g/mol. The van der Waals surface area contributed by atoms with Crippen LogP contribution >= 0.6 is 0 Å². The van der Waals surface area contributed by atoms with Crippen molar-refractivity contribution in [2.75, 3.05) is 11.1 Å². The average Bonchev–Trinajstić information content (AvgIpc) is 2.69. The number of fused-ring (bicyclic) bond motifs is 1. The number of benzene rings is 2. The number of amides is 1. The molecule has 0 bridgehead atoms. The topological polar surface area (TPSA) is 150 Å². The Balaban J connectivity index is 2.16. The van der Waals surface area contributed by atoms with E-state index in [0.29, 0.717) is 39.7 Å². The van der Waals surface area contributed by atoms with Crippen molar-refractivity contribution in [2.24, 2.45) is 5.92 Å². The number of hydrogen-bond acceptors (Lipinski definition) is 6. The summed E-state index contributed by atoms with van der Waals surface area (Å²) in [6.45, 7) is 5.56. The molecule has 0 atom stereocenters. The third-order valence-electron chi connectivity index (χ3n) is 4.87. The highest BCUT2D eigenvalue weighted by molar-refractivity contribution is 6.58. The lowest BCUT2D eigenvalue weighted by atomic mass is 9.78. The molecule has 0 aliphatic carbocycles. The van der Waals surface area contributed by atoms with E-state index >= 15 is 0 Å². The molecule has 0 aliphatic heterocycles. The van der Waals surface area contributed by atoms with Gasteiger partial charge in [-0.05, 0) is 46.7 Å².